The smallest absolute Gasteiger partial charge is 0.339 e. The molecular weight excluding hydrogens is 235 g/mol. The van der Waals surface area contributed by atoms with E-state index in [-0.39, 0.29) is 19.0 Å². The lowest BCUT2D eigenvalue weighted by molar-refractivity contribution is -0.152. The first-order valence-corrected chi connectivity index (χ1v) is 5.67. The monoisotopic (exact) mass is 253 g/mol. The highest BCUT2D eigenvalue weighted by molar-refractivity contribution is 5.81. The third kappa shape index (κ3) is 4.51. The molecule has 100 valence electrons. The van der Waals surface area contributed by atoms with E-state index in [4.69, 9.17) is 5.73 Å². The largest absolute Gasteiger partial charge is 0.401 e. The van der Waals surface area contributed by atoms with Crippen molar-refractivity contribution < 1.29 is 18.0 Å². The van der Waals surface area contributed by atoms with Crippen molar-refractivity contribution in [3.05, 3.63) is 0 Å². The Morgan fingerprint density at radius 2 is 1.82 bits per heavy atom. The highest BCUT2D eigenvalue weighted by Gasteiger charge is 2.33. The normalized spacial score (nSPS) is 20.4. The van der Waals surface area contributed by atoms with Crippen molar-refractivity contribution >= 4 is 5.91 Å². The van der Waals surface area contributed by atoms with Crippen LogP contribution in [-0.4, -0.2) is 60.6 Å². The summed E-state index contributed by atoms with van der Waals surface area (Å²) in [6.45, 7) is 2.05. The molecule has 1 amide bonds. The van der Waals surface area contributed by atoms with Crippen LogP contribution >= 0.6 is 0 Å². The number of nitrogens with zero attached hydrogens (tertiary/aromatic N) is 2. The van der Waals surface area contributed by atoms with Gasteiger partial charge >= 0.3 is 6.18 Å². The van der Waals surface area contributed by atoms with E-state index in [0.29, 0.717) is 19.5 Å². The Kier molecular flexibility index (Phi) is 4.76. The molecule has 1 aliphatic heterocycles. The van der Waals surface area contributed by atoms with Crippen molar-refractivity contribution in [2.45, 2.75) is 25.6 Å². The summed E-state index contributed by atoms with van der Waals surface area (Å²) >= 11 is 0. The number of amides is 1. The fourth-order valence-corrected chi connectivity index (χ4v) is 1.79. The van der Waals surface area contributed by atoms with Crippen LogP contribution in [0.2, 0.25) is 0 Å². The average Bonchev–Trinajstić information content (AvgIpc) is 2.26. The van der Waals surface area contributed by atoms with Crippen LogP contribution in [0.4, 0.5) is 13.2 Å². The molecule has 1 aliphatic rings. The second-order valence-electron chi connectivity index (χ2n) is 4.23. The lowest BCUT2D eigenvalue weighted by atomic mass is 10.2. The number of carbonyl (C=O) groups is 1. The molecule has 0 unspecified atom stereocenters. The van der Waals surface area contributed by atoms with Gasteiger partial charge in [0.2, 0.25) is 5.91 Å². The van der Waals surface area contributed by atoms with E-state index < -0.39 is 18.8 Å². The van der Waals surface area contributed by atoms with E-state index in [1.54, 1.807) is 4.90 Å². The van der Waals surface area contributed by atoms with E-state index in [1.807, 2.05) is 6.92 Å². The Bertz CT molecular complexity index is 262. The van der Waals surface area contributed by atoms with Crippen LogP contribution in [0.3, 0.4) is 0 Å². The van der Waals surface area contributed by atoms with E-state index in [1.165, 1.54) is 4.90 Å². The van der Waals surface area contributed by atoms with Crippen LogP contribution in [0.5, 0.6) is 0 Å². The molecule has 0 aromatic rings. The van der Waals surface area contributed by atoms with Gasteiger partial charge in [-0.25, -0.2) is 0 Å². The number of nitrogens with two attached hydrogens (primary N) is 1. The molecule has 0 saturated carbocycles. The first-order chi connectivity index (χ1) is 7.83. The van der Waals surface area contributed by atoms with Crippen LogP contribution in [0.15, 0.2) is 0 Å². The zero-order valence-electron chi connectivity index (χ0n) is 9.83. The van der Waals surface area contributed by atoms with Gasteiger partial charge in [-0.2, -0.15) is 13.2 Å². The number of hydrogen-bond donors (Lipinski definition) is 1. The summed E-state index contributed by atoms with van der Waals surface area (Å²) in [5.74, 6) is -0.167. The second kappa shape index (κ2) is 5.68. The molecule has 17 heavy (non-hydrogen) atoms. The number of piperazine rings is 1. The SMILES string of the molecule is CC[C@@H](N)C(=O)N1CCN(CC(F)(F)F)CC1. The van der Waals surface area contributed by atoms with Crippen molar-refractivity contribution in [2.24, 2.45) is 5.73 Å². The summed E-state index contributed by atoms with van der Waals surface area (Å²) in [7, 11) is 0. The van der Waals surface area contributed by atoms with Crippen LogP contribution in [0.1, 0.15) is 13.3 Å². The standard InChI is InChI=1S/C10H18F3N3O/c1-2-8(14)9(17)16-5-3-15(4-6-16)7-10(11,12)13/h8H,2-7,14H2,1H3/t8-/m1/s1. The average molecular weight is 253 g/mol. The summed E-state index contributed by atoms with van der Waals surface area (Å²) in [5, 5.41) is 0. The summed E-state index contributed by atoms with van der Waals surface area (Å²) in [6, 6.07) is -0.538. The lowest BCUT2D eigenvalue weighted by Gasteiger charge is -2.36. The summed E-state index contributed by atoms with van der Waals surface area (Å²) in [5.41, 5.74) is 5.60. The van der Waals surface area contributed by atoms with Gasteiger partial charge in [0, 0.05) is 26.2 Å². The van der Waals surface area contributed by atoms with Crippen molar-refractivity contribution in [3.8, 4) is 0 Å². The van der Waals surface area contributed by atoms with Crippen LogP contribution in [0, 0.1) is 0 Å². The molecule has 1 rings (SSSR count). The summed E-state index contributed by atoms with van der Waals surface area (Å²) in [4.78, 5) is 14.5. The summed E-state index contributed by atoms with van der Waals surface area (Å²) < 4.78 is 36.4. The molecule has 4 nitrogen and oxygen atoms in total. The number of alkyl halides is 3. The van der Waals surface area contributed by atoms with Crippen molar-refractivity contribution in [1.29, 1.82) is 0 Å². The zero-order chi connectivity index (χ0) is 13.1. The fraction of sp³-hybridized carbons (Fsp3) is 0.900. The van der Waals surface area contributed by atoms with Gasteiger partial charge in [-0.05, 0) is 6.42 Å². The van der Waals surface area contributed by atoms with Gasteiger partial charge < -0.3 is 10.6 Å². The Morgan fingerprint density at radius 1 is 1.29 bits per heavy atom. The Hall–Kier alpha value is -0.820. The highest BCUT2D eigenvalue weighted by Crippen LogP contribution is 2.17. The van der Waals surface area contributed by atoms with Crippen LogP contribution < -0.4 is 5.73 Å². The Labute approximate surface area is 98.5 Å². The minimum absolute atomic E-state index is 0.167. The molecular formula is C10H18F3N3O. The third-order valence-electron chi connectivity index (χ3n) is 2.84. The quantitative estimate of drug-likeness (QED) is 0.793. The molecule has 1 atom stereocenters. The van der Waals surface area contributed by atoms with Crippen LogP contribution in [-0.2, 0) is 4.79 Å². The van der Waals surface area contributed by atoms with Gasteiger partial charge in [-0.1, -0.05) is 6.92 Å². The first-order valence-electron chi connectivity index (χ1n) is 5.67. The maximum absolute atomic E-state index is 12.1. The minimum Gasteiger partial charge on any atom is -0.339 e. The third-order valence-corrected chi connectivity index (χ3v) is 2.84. The second-order valence-corrected chi connectivity index (χ2v) is 4.23. The van der Waals surface area contributed by atoms with E-state index in [9.17, 15) is 18.0 Å². The molecule has 0 aromatic heterocycles. The van der Waals surface area contributed by atoms with Crippen molar-refractivity contribution in [3.63, 3.8) is 0 Å². The van der Waals surface area contributed by atoms with Gasteiger partial charge in [-0.3, -0.25) is 9.69 Å². The van der Waals surface area contributed by atoms with E-state index >= 15 is 0 Å². The summed E-state index contributed by atoms with van der Waals surface area (Å²) in [6.07, 6.45) is -3.63. The number of carbonyl (C=O) groups excluding carboxylic acids is 1. The van der Waals surface area contributed by atoms with Gasteiger partial charge in [0.25, 0.3) is 0 Å². The van der Waals surface area contributed by atoms with Gasteiger partial charge in [-0.15, -0.1) is 0 Å². The molecule has 0 aromatic carbocycles. The highest BCUT2D eigenvalue weighted by atomic mass is 19.4. The molecule has 2 N–H and O–H groups in total. The predicted octanol–water partition coefficient (Wildman–Crippen LogP) is 0.430. The first kappa shape index (κ1) is 14.2. The lowest BCUT2D eigenvalue weighted by Crippen LogP contribution is -2.54. The van der Waals surface area contributed by atoms with Gasteiger partial charge in [0.05, 0.1) is 12.6 Å². The Morgan fingerprint density at radius 3 is 2.24 bits per heavy atom. The van der Waals surface area contributed by atoms with E-state index in [0.717, 1.165) is 0 Å². The molecule has 1 heterocycles. The minimum atomic E-state index is -4.17. The molecule has 7 heteroatoms. The number of halogens is 3. The number of hydrogen-bond acceptors (Lipinski definition) is 3. The fourth-order valence-electron chi connectivity index (χ4n) is 1.79. The molecule has 0 spiro atoms. The maximum atomic E-state index is 12.1. The van der Waals surface area contributed by atoms with Crippen LogP contribution in [0.25, 0.3) is 0 Å². The van der Waals surface area contributed by atoms with Crippen molar-refractivity contribution in [2.75, 3.05) is 32.7 Å². The molecule has 1 fully saturated rings. The Balaban J connectivity index is 2.38. The molecule has 0 aliphatic carbocycles. The van der Waals surface area contributed by atoms with Crippen molar-refractivity contribution in [1.82, 2.24) is 9.80 Å². The van der Waals surface area contributed by atoms with Gasteiger partial charge in [0.1, 0.15) is 0 Å². The predicted molar refractivity (Wildman–Crippen MR) is 57.3 cm³/mol. The van der Waals surface area contributed by atoms with E-state index in [2.05, 4.69) is 0 Å². The van der Waals surface area contributed by atoms with Gasteiger partial charge in [0.15, 0.2) is 0 Å². The topological polar surface area (TPSA) is 49.6 Å². The molecule has 0 radical (unpaired) electrons. The number of rotatable bonds is 3. The maximum Gasteiger partial charge on any atom is 0.401 e. The zero-order valence-corrected chi connectivity index (χ0v) is 9.83. The molecule has 0 bridgehead atoms. The molecule has 1 saturated heterocycles.